The maximum absolute atomic E-state index is 12.8. The molecule has 1 aromatic rings. The maximum Gasteiger partial charge on any atom is 0.255 e. The Balaban J connectivity index is 1.26. The van der Waals surface area contributed by atoms with Crippen molar-refractivity contribution in [3.05, 3.63) is 34.9 Å². The molecule has 2 unspecified atom stereocenters. The minimum atomic E-state index is -0.555. The van der Waals surface area contributed by atoms with Gasteiger partial charge in [-0.2, -0.15) is 0 Å². The fraction of sp³-hybridized carbons (Fsp3) is 0.571. The van der Waals surface area contributed by atoms with Crippen LogP contribution in [0.5, 0.6) is 0 Å². The molecule has 5 rings (SSSR count). The molecule has 3 N–H and O–H groups in total. The quantitative estimate of drug-likeness (QED) is 0.753. The normalized spacial score (nSPS) is 29.2. The average Bonchev–Trinajstić information content (AvgIpc) is 3.16. The molecule has 28 heavy (non-hydrogen) atoms. The fourth-order valence-corrected chi connectivity index (χ4v) is 5.50. The summed E-state index contributed by atoms with van der Waals surface area (Å²) >= 11 is 0. The number of rotatable bonds is 3. The third-order valence-corrected chi connectivity index (χ3v) is 7.05. The van der Waals surface area contributed by atoms with Crippen molar-refractivity contribution in [3.8, 4) is 0 Å². The maximum atomic E-state index is 12.8. The average molecular weight is 382 g/mol. The van der Waals surface area contributed by atoms with E-state index in [0.29, 0.717) is 30.0 Å². The Morgan fingerprint density at radius 3 is 2.71 bits per heavy atom. The second-order valence-electron chi connectivity index (χ2n) is 8.90. The van der Waals surface area contributed by atoms with Gasteiger partial charge in [-0.15, -0.1) is 0 Å². The lowest BCUT2D eigenvalue weighted by molar-refractivity contribution is -0.136. The van der Waals surface area contributed by atoms with Crippen LogP contribution >= 0.6 is 0 Å². The van der Waals surface area contributed by atoms with E-state index in [1.165, 1.54) is 18.4 Å². The van der Waals surface area contributed by atoms with E-state index in [0.717, 1.165) is 31.6 Å². The van der Waals surface area contributed by atoms with Crippen LogP contribution in [0, 0.1) is 5.41 Å². The molecule has 148 valence electrons. The summed E-state index contributed by atoms with van der Waals surface area (Å²) in [7, 11) is 0. The lowest BCUT2D eigenvalue weighted by atomic mass is 9.75. The summed E-state index contributed by atoms with van der Waals surface area (Å²) in [6.45, 7) is 3.43. The van der Waals surface area contributed by atoms with Crippen LogP contribution in [0.3, 0.4) is 0 Å². The van der Waals surface area contributed by atoms with Crippen LogP contribution in [0.15, 0.2) is 18.2 Å². The van der Waals surface area contributed by atoms with Gasteiger partial charge >= 0.3 is 0 Å². The van der Waals surface area contributed by atoms with Gasteiger partial charge in [0.05, 0.1) is 0 Å². The van der Waals surface area contributed by atoms with E-state index in [2.05, 4.69) is 16.3 Å². The van der Waals surface area contributed by atoms with E-state index in [1.54, 1.807) is 4.90 Å². The SMILES string of the molecule is NC1CCCC12CN(Cc1ccc3c(c1)CN(C1CCC(=O)NC1=O)C3=O)C2. The van der Waals surface area contributed by atoms with Crippen LogP contribution in [-0.2, 0) is 22.7 Å². The van der Waals surface area contributed by atoms with Crippen LogP contribution in [-0.4, -0.2) is 52.7 Å². The molecule has 1 aromatic carbocycles. The monoisotopic (exact) mass is 382 g/mol. The Labute approximate surface area is 164 Å². The topological polar surface area (TPSA) is 95.7 Å². The Morgan fingerprint density at radius 2 is 2.00 bits per heavy atom. The molecule has 1 saturated carbocycles. The van der Waals surface area contributed by atoms with Crippen molar-refractivity contribution in [2.24, 2.45) is 11.1 Å². The summed E-state index contributed by atoms with van der Waals surface area (Å²) in [5.74, 6) is -0.741. The number of hydrogen-bond acceptors (Lipinski definition) is 5. The molecule has 1 aliphatic carbocycles. The van der Waals surface area contributed by atoms with E-state index >= 15 is 0 Å². The standard InChI is InChI=1S/C21H26N4O3/c22-17-2-1-7-21(17)11-24(12-21)9-13-3-4-15-14(8-13)10-25(20(15)28)16-5-6-18(26)23-19(16)27/h3-4,8,16-17H,1-2,5-7,9-12,22H2,(H,23,26,27). The number of amides is 3. The fourth-order valence-electron chi connectivity index (χ4n) is 5.50. The number of carbonyl (C=O) groups is 3. The molecule has 4 aliphatic rings. The van der Waals surface area contributed by atoms with Gasteiger partial charge in [0.25, 0.3) is 5.91 Å². The first-order valence-electron chi connectivity index (χ1n) is 10.2. The Kier molecular flexibility index (Phi) is 4.07. The smallest absolute Gasteiger partial charge is 0.255 e. The van der Waals surface area contributed by atoms with Crippen molar-refractivity contribution in [2.75, 3.05) is 13.1 Å². The summed E-state index contributed by atoms with van der Waals surface area (Å²) in [6, 6.07) is 5.78. The molecule has 3 aliphatic heterocycles. The second kappa shape index (κ2) is 6.39. The van der Waals surface area contributed by atoms with Gasteiger partial charge in [-0.1, -0.05) is 18.6 Å². The van der Waals surface area contributed by atoms with E-state index in [-0.39, 0.29) is 24.1 Å². The van der Waals surface area contributed by atoms with Crippen LogP contribution in [0.25, 0.3) is 0 Å². The highest BCUT2D eigenvalue weighted by atomic mass is 16.2. The van der Waals surface area contributed by atoms with Gasteiger partial charge in [0.15, 0.2) is 0 Å². The highest BCUT2D eigenvalue weighted by Gasteiger charge is 2.49. The van der Waals surface area contributed by atoms with Gasteiger partial charge in [-0.25, -0.2) is 0 Å². The Bertz CT molecular complexity index is 861. The minimum Gasteiger partial charge on any atom is -0.327 e. The van der Waals surface area contributed by atoms with Crippen molar-refractivity contribution in [2.45, 2.75) is 57.3 Å². The zero-order valence-corrected chi connectivity index (χ0v) is 15.9. The van der Waals surface area contributed by atoms with Crippen molar-refractivity contribution in [1.82, 2.24) is 15.1 Å². The van der Waals surface area contributed by atoms with E-state index in [1.807, 2.05) is 12.1 Å². The number of piperidine rings is 1. The number of nitrogens with two attached hydrogens (primary N) is 1. The predicted octanol–water partition coefficient (Wildman–Crippen LogP) is 0.761. The third-order valence-electron chi connectivity index (χ3n) is 7.05. The molecular formula is C21H26N4O3. The molecule has 3 heterocycles. The first-order chi connectivity index (χ1) is 13.4. The lowest BCUT2D eigenvalue weighted by Crippen LogP contribution is -2.61. The zero-order valence-electron chi connectivity index (χ0n) is 15.9. The summed E-state index contributed by atoms with van der Waals surface area (Å²) in [5.41, 5.74) is 9.47. The number of imide groups is 1. The number of nitrogens with zero attached hydrogens (tertiary/aromatic N) is 2. The summed E-state index contributed by atoms with van der Waals surface area (Å²) in [5, 5.41) is 2.34. The molecule has 7 heteroatoms. The first kappa shape index (κ1) is 17.8. The molecule has 3 amide bonds. The zero-order chi connectivity index (χ0) is 19.5. The highest BCUT2D eigenvalue weighted by Crippen LogP contribution is 2.45. The Morgan fingerprint density at radius 1 is 1.18 bits per heavy atom. The van der Waals surface area contributed by atoms with Crippen LogP contribution in [0.1, 0.15) is 53.6 Å². The largest absolute Gasteiger partial charge is 0.327 e. The Hall–Kier alpha value is -2.25. The van der Waals surface area contributed by atoms with E-state index in [9.17, 15) is 14.4 Å². The van der Waals surface area contributed by atoms with E-state index in [4.69, 9.17) is 5.73 Å². The van der Waals surface area contributed by atoms with Crippen molar-refractivity contribution >= 4 is 17.7 Å². The van der Waals surface area contributed by atoms with E-state index < -0.39 is 6.04 Å². The first-order valence-corrected chi connectivity index (χ1v) is 10.2. The number of nitrogens with one attached hydrogen (secondary N) is 1. The summed E-state index contributed by atoms with van der Waals surface area (Å²) in [6.07, 6.45) is 4.30. The summed E-state index contributed by atoms with van der Waals surface area (Å²) < 4.78 is 0. The summed E-state index contributed by atoms with van der Waals surface area (Å²) in [4.78, 5) is 40.3. The van der Waals surface area contributed by atoms with Gasteiger partial charge in [0.2, 0.25) is 11.8 Å². The predicted molar refractivity (Wildman–Crippen MR) is 102 cm³/mol. The number of hydrogen-bond donors (Lipinski definition) is 2. The molecule has 7 nitrogen and oxygen atoms in total. The number of likely N-dealkylation sites (tertiary alicyclic amines) is 1. The van der Waals surface area contributed by atoms with Crippen molar-refractivity contribution < 1.29 is 14.4 Å². The molecule has 3 fully saturated rings. The minimum absolute atomic E-state index is 0.115. The molecule has 2 atom stereocenters. The lowest BCUT2D eigenvalue weighted by Gasteiger charge is -2.51. The van der Waals surface area contributed by atoms with Gasteiger partial charge in [-0.05, 0) is 36.5 Å². The second-order valence-corrected chi connectivity index (χ2v) is 8.90. The molecule has 0 bridgehead atoms. The molecule has 0 aromatic heterocycles. The number of benzene rings is 1. The van der Waals surface area contributed by atoms with Gasteiger partial charge < -0.3 is 10.6 Å². The third kappa shape index (κ3) is 2.76. The van der Waals surface area contributed by atoms with Crippen LogP contribution < -0.4 is 11.1 Å². The molecule has 2 saturated heterocycles. The number of fused-ring (bicyclic) bond motifs is 1. The van der Waals surface area contributed by atoms with Gasteiger partial charge in [-0.3, -0.25) is 24.6 Å². The van der Waals surface area contributed by atoms with Crippen LogP contribution in [0.4, 0.5) is 0 Å². The van der Waals surface area contributed by atoms with Crippen LogP contribution in [0.2, 0.25) is 0 Å². The molecule has 0 radical (unpaired) electrons. The molecule has 1 spiro atoms. The van der Waals surface area contributed by atoms with Crippen molar-refractivity contribution in [1.29, 1.82) is 0 Å². The van der Waals surface area contributed by atoms with Crippen molar-refractivity contribution in [3.63, 3.8) is 0 Å². The van der Waals surface area contributed by atoms with Gasteiger partial charge in [0.1, 0.15) is 6.04 Å². The van der Waals surface area contributed by atoms with Gasteiger partial charge in [0, 0.05) is 49.6 Å². The number of carbonyl (C=O) groups excluding carboxylic acids is 3. The highest BCUT2D eigenvalue weighted by molar-refractivity contribution is 6.05. The molecular weight excluding hydrogens is 356 g/mol.